The molecule has 0 saturated carbocycles. The molecule has 4 aromatic carbocycles. The van der Waals surface area contributed by atoms with Crippen molar-refractivity contribution in [3.05, 3.63) is 144 Å². The van der Waals surface area contributed by atoms with Crippen LogP contribution < -0.4 is 0 Å². The van der Waals surface area contributed by atoms with Crippen molar-refractivity contribution in [3.8, 4) is 0 Å². The van der Waals surface area contributed by atoms with E-state index in [2.05, 4.69) is 26.2 Å². The zero-order valence-corrected chi connectivity index (χ0v) is 36.2. The summed E-state index contributed by atoms with van der Waals surface area (Å²) in [6.07, 6.45) is -1.35. The zero-order valence-electron chi connectivity index (χ0n) is 34.2. The normalized spacial score (nSPS) is 24.5. The van der Waals surface area contributed by atoms with Crippen LogP contribution in [0.1, 0.15) is 62.8 Å². The number of ether oxygens (including phenoxy) is 2. The van der Waals surface area contributed by atoms with Gasteiger partial charge >= 0.3 is 12.2 Å². The summed E-state index contributed by atoms with van der Waals surface area (Å²) in [5, 5.41) is 0. The van der Waals surface area contributed by atoms with Crippen LogP contribution in [0.25, 0.3) is 0 Å². The van der Waals surface area contributed by atoms with E-state index in [1.54, 1.807) is 0 Å². The molecule has 0 spiro atoms. The second-order valence-electron chi connectivity index (χ2n) is 17.5. The van der Waals surface area contributed by atoms with Crippen molar-refractivity contribution in [2.75, 3.05) is 0 Å². The van der Waals surface area contributed by atoms with Gasteiger partial charge in [0, 0.05) is 35.1 Å². The monoisotopic (exact) mass is 802 g/mol. The molecule has 7 rings (SSSR count). The first-order valence-electron chi connectivity index (χ1n) is 20.1. The van der Waals surface area contributed by atoms with Gasteiger partial charge in [0.1, 0.15) is 0 Å². The van der Waals surface area contributed by atoms with E-state index in [1.165, 1.54) is 9.80 Å². The minimum atomic E-state index is -2.64. The maximum absolute atomic E-state index is 14.9. The standard InChI is InChI=1S/C46H54N2O7Si2/c1-31(2)41-45(33-21-13-9-14-22-33,34-23-15-10-16-24-34)53-43(51)47(41)39(49)29-37-38(57(7,8)55-56(37,5)6)30-40(50)48-42(32(3)4)46(54-44(48)52,35-25-17-11-18-26-35)36-27-19-12-20-28-36/h9-28,31-32,37-38,41-42H,29-30H2,1-8H3/t37-,38-,41-,42-/m0/s1. The zero-order chi connectivity index (χ0) is 40.9. The van der Waals surface area contributed by atoms with Crippen LogP contribution in [0.5, 0.6) is 0 Å². The van der Waals surface area contributed by atoms with Crippen molar-refractivity contribution >= 4 is 40.6 Å². The van der Waals surface area contributed by atoms with Crippen molar-refractivity contribution < 1.29 is 32.8 Å². The van der Waals surface area contributed by atoms with E-state index < -0.39 is 52.1 Å². The fourth-order valence-corrected chi connectivity index (χ4v) is 22.8. The topological polar surface area (TPSA) is 102 Å². The molecule has 3 fully saturated rings. The molecule has 57 heavy (non-hydrogen) atoms. The van der Waals surface area contributed by atoms with Crippen LogP contribution >= 0.6 is 0 Å². The fraction of sp³-hybridized carbons (Fsp3) is 0.391. The Morgan fingerprint density at radius 3 is 1.04 bits per heavy atom. The summed E-state index contributed by atoms with van der Waals surface area (Å²) in [6, 6.07) is 37.2. The van der Waals surface area contributed by atoms with Gasteiger partial charge in [-0.15, -0.1) is 0 Å². The summed E-state index contributed by atoms with van der Waals surface area (Å²) < 4.78 is 19.8. The van der Waals surface area contributed by atoms with Crippen molar-refractivity contribution in [1.82, 2.24) is 9.80 Å². The van der Waals surface area contributed by atoms with Gasteiger partial charge in [-0.05, 0) is 49.1 Å². The molecule has 298 valence electrons. The van der Waals surface area contributed by atoms with E-state index >= 15 is 0 Å². The molecular weight excluding hydrogens is 749 g/mol. The highest BCUT2D eigenvalue weighted by Gasteiger charge is 2.64. The lowest BCUT2D eigenvalue weighted by molar-refractivity contribution is -0.132. The van der Waals surface area contributed by atoms with E-state index in [0.717, 1.165) is 22.3 Å². The molecule has 9 nitrogen and oxygen atoms in total. The second kappa shape index (κ2) is 15.2. The SMILES string of the molecule is CC(C)[C@@H]1N(C(=O)C[C@H]2[C@H](CC(=O)N3C(=O)OC(c4ccccc4)(c4ccccc4)[C@@H]3C(C)C)[Si](C)(C)O[Si]2(C)C)C(=O)OC1(c1ccccc1)c1ccccc1. The van der Waals surface area contributed by atoms with E-state index in [4.69, 9.17) is 13.6 Å². The van der Waals surface area contributed by atoms with E-state index in [-0.39, 0.29) is 47.6 Å². The maximum atomic E-state index is 14.9. The van der Waals surface area contributed by atoms with E-state index in [9.17, 15) is 19.2 Å². The molecule has 3 saturated heterocycles. The number of benzene rings is 4. The number of cyclic esters (lactones) is 2. The summed E-state index contributed by atoms with van der Waals surface area (Å²) >= 11 is 0. The number of amides is 4. The molecule has 11 heteroatoms. The minimum absolute atomic E-state index is 0.0155. The molecule has 0 radical (unpaired) electrons. The van der Waals surface area contributed by atoms with Crippen LogP contribution in [-0.2, 0) is 34.4 Å². The van der Waals surface area contributed by atoms with Gasteiger partial charge in [-0.25, -0.2) is 19.4 Å². The fourth-order valence-electron chi connectivity index (χ4n) is 10.3. The van der Waals surface area contributed by atoms with Crippen LogP contribution in [0, 0.1) is 11.8 Å². The van der Waals surface area contributed by atoms with Crippen molar-refractivity contribution in [3.63, 3.8) is 0 Å². The average molecular weight is 803 g/mol. The predicted molar refractivity (Wildman–Crippen MR) is 224 cm³/mol. The first kappa shape index (κ1) is 40.4. The number of imide groups is 2. The van der Waals surface area contributed by atoms with Crippen LogP contribution in [0.3, 0.4) is 0 Å². The number of carbonyl (C=O) groups excluding carboxylic acids is 4. The Balaban J connectivity index is 1.23. The van der Waals surface area contributed by atoms with Crippen molar-refractivity contribution in [2.45, 2.75) is 101 Å². The minimum Gasteiger partial charge on any atom is -0.455 e. The maximum Gasteiger partial charge on any atom is 0.418 e. The molecule has 3 heterocycles. The van der Waals surface area contributed by atoms with Gasteiger partial charge in [0.25, 0.3) is 0 Å². The third-order valence-corrected chi connectivity index (χ3v) is 21.8. The predicted octanol–water partition coefficient (Wildman–Crippen LogP) is 9.84. The van der Waals surface area contributed by atoms with Gasteiger partial charge in [-0.1, -0.05) is 149 Å². The highest BCUT2D eigenvalue weighted by atomic mass is 28.4. The Bertz CT molecular complexity index is 1880. The molecule has 0 N–H and O–H groups in total. The number of rotatable bonds is 10. The van der Waals surface area contributed by atoms with Gasteiger partial charge in [-0.3, -0.25) is 9.59 Å². The Labute approximate surface area is 338 Å². The van der Waals surface area contributed by atoms with Gasteiger partial charge < -0.3 is 13.6 Å². The lowest BCUT2D eigenvalue weighted by Crippen LogP contribution is -2.51. The summed E-state index contributed by atoms with van der Waals surface area (Å²) in [4.78, 5) is 60.8. The van der Waals surface area contributed by atoms with Crippen LogP contribution in [0.2, 0.25) is 37.3 Å². The average Bonchev–Trinajstić information content (AvgIpc) is 3.75. The first-order valence-corrected chi connectivity index (χ1v) is 26.1. The largest absolute Gasteiger partial charge is 0.455 e. The molecule has 4 amide bonds. The molecule has 0 aliphatic carbocycles. The number of hydrogen-bond donors (Lipinski definition) is 0. The Kier molecular flexibility index (Phi) is 10.7. The molecule has 3 aliphatic heterocycles. The Hall–Kier alpha value is -4.85. The van der Waals surface area contributed by atoms with E-state index in [1.807, 2.05) is 149 Å². The molecule has 0 unspecified atom stereocenters. The second-order valence-corrected chi connectivity index (χ2v) is 26.2. The molecule has 0 aromatic heterocycles. The van der Waals surface area contributed by atoms with Gasteiger partial charge in [0.15, 0.2) is 27.8 Å². The quantitative estimate of drug-likeness (QED) is 0.147. The highest BCUT2D eigenvalue weighted by molar-refractivity contribution is 6.91. The molecule has 0 bridgehead atoms. The van der Waals surface area contributed by atoms with Crippen LogP contribution in [0.15, 0.2) is 121 Å². The summed E-state index contributed by atoms with van der Waals surface area (Å²) in [5.74, 6) is -1.03. The summed E-state index contributed by atoms with van der Waals surface area (Å²) in [5.41, 5.74) is 0.0909. The number of carbonyl (C=O) groups is 4. The van der Waals surface area contributed by atoms with Crippen molar-refractivity contribution in [1.29, 1.82) is 0 Å². The summed E-state index contributed by atoms with van der Waals surface area (Å²) in [6.45, 7) is 16.4. The lowest BCUT2D eigenvalue weighted by atomic mass is 9.75. The molecule has 3 aliphatic rings. The third kappa shape index (κ3) is 6.77. The van der Waals surface area contributed by atoms with Crippen LogP contribution in [-0.4, -0.2) is 62.5 Å². The van der Waals surface area contributed by atoms with Crippen LogP contribution in [0.4, 0.5) is 9.59 Å². The smallest absolute Gasteiger partial charge is 0.418 e. The number of nitrogens with zero attached hydrogens (tertiary/aromatic N) is 2. The Morgan fingerprint density at radius 2 is 0.789 bits per heavy atom. The third-order valence-electron chi connectivity index (χ3n) is 12.5. The Morgan fingerprint density at radius 1 is 0.526 bits per heavy atom. The molecule has 4 aromatic rings. The van der Waals surface area contributed by atoms with Gasteiger partial charge in [-0.2, -0.15) is 0 Å². The number of hydrogen-bond acceptors (Lipinski definition) is 7. The van der Waals surface area contributed by atoms with Gasteiger partial charge in [0.2, 0.25) is 11.8 Å². The lowest BCUT2D eigenvalue weighted by Gasteiger charge is -2.38. The van der Waals surface area contributed by atoms with Gasteiger partial charge in [0.05, 0.1) is 12.1 Å². The van der Waals surface area contributed by atoms with Crippen molar-refractivity contribution in [2.24, 2.45) is 11.8 Å². The molecule has 4 atom stereocenters. The van der Waals surface area contributed by atoms with E-state index in [0.29, 0.717) is 0 Å². The highest BCUT2D eigenvalue weighted by Crippen LogP contribution is 2.56. The summed E-state index contributed by atoms with van der Waals surface area (Å²) in [7, 11) is -5.27. The first-order chi connectivity index (χ1) is 27.1. The molecular formula is C46H54N2O7Si2.